The van der Waals surface area contributed by atoms with Gasteiger partial charge in [0, 0.05) is 0 Å². The average molecular weight is 289 g/mol. The first-order chi connectivity index (χ1) is 10.5. The number of aliphatic hydroxyl groups excluding tert-OH is 2. The predicted octanol–water partition coefficient (Wildman–Crippen LogP) is 2.58. The van der Waals surface area contributed by atoms with E-state index in [0.717, 1.165) is 32.1 Å². The molecule has 3 N–H and O–H groups in total. The van der Waals surface area contributed by atoms with E-state index in [4.69, 9.17) is 1.43 Å². The second-order valence-corrected chi connectivity index (χ2v) is 7.57. The summed E-state index contributed by atoms with van der Waals surface area (Å²) in [6.45, 7) is 2.17. The lowest BCUT2D eigenvalue weighted by Crippen LogP contribution is -2.44. The van der Waals surface area contributed by atoms with Crippen molar-refractivity contribution in [3.63, 3.8) is 0 Å². The minimum absolute atomic E-state index is 0.123. The Morgan fingerprint density at radius 3 is 2.95 bits per heavy atom. The molecule has 114 valence electrons. The summed E-state index contributed by atoms with van der Waals surface area (Å²) in [6, 6.07) is 6.02. The standard InChI is InChI=1S/C18H24O3/c1-18-7-6-13-12-5-3-11(19)8-10(12)2-4-14(13)15(18)9-16(20)17(18)21/h3,5,8,13-17,19-21H,2,4,6-7,9H2,1H3/t13-,14-,15+,16-,17+,18+/m1/s1/i/hD. The van der Waals surface area contributed by atoms with Crippen molar-refractivity contribution in [3.8, 4) is 5.75 Å². The SMILES string of the molecule is [2H]Oc1ccc2c(c1)CC[C@@H]1[C@@H]2CC[C@]2(C)[C@@H](O)[C@H](O)C[C@@H]12. The third kappa shape index (κ3) is 1.80. The molecule has 0 spiro atoms. The summed E-state index contributed by atoms with van der Waals surface area (Å²) in [7, 11) is 0. The predicted molar refractivity (Wildman–Crippen MR) is 80.1 cm³/mol. The summed E-state index contributed by atoms with van der Waals surface area (Å²) in [5, 5.41) is 25.2. The smallest absolute Gasteiger partial charge is 0.293 e. The van der Waals surface area contributed by atoms with Crippen LogP contribution in [0.3, 0.4) is 0 Å². The molecule has 0 saturated heterocycles. The third-order valence-corrected chi connectivity index (χ3v) is 6.67. The molecule has 3 nitrogen and oxygen atoms in total. The minimum atomic E-state index is -0.570. The van der Waals surface area contributed by atoms with Crippen LogP contribution in [0.15, 0.2) is 18.2 Å². The Morgan fingerprint density at radius 1 is 1.29 bits per heavy atom. The van der Waals surface area contributed by atoms with Gasteiger partial charge >= 0.3 is 0 Å². The fraction of sp³-hybridized carbons (Fsp3) is 0.667. The third-order valence-electron chi connectivity index (χ3n) is 6.67. The van der Waals surface area contributed by atoms with E-state index in [-0.39, 0.29) is 5.41 Å². The Balaban J connectivity index is 1.69. The van der Waals surface area contributed by atoms with Crippen LogP contribution in [-0.4, -0.2) is 29.0 Å². The van der Waals surface area contributed by atoms with Crippen LogP contribution in [0.2, 0.25) is 0 Å². The van der Waals surface area contributed by atoms with Crippen molar-refractivity contribution in [3.05, 3.63) is 29.3 Å². The highest BCUT2D eigenvalue weighted by atomic mass is 16.3. The number of hydrogen-bond acceptors (Lipinski definition) is 3. The molecule has 21 heavy (non-hydrogen) atoms. The highest BCUT2D eigenvalue weighted by Gasteiger charge is 2.57. The summed E-state index contributed by atoms with van der Waals surface area (Å²) in [5.74, 6) is 2.11. The van der Waals surface area contributed by atoms with E-state index in [1.54, 1.807) is 0 Å². The van der Waals surface area contributed by atoms with Crippen molar-refractivity contribution in [2.45, 2.75) is 57.2 Å². The summed E-state index contributed by atoms with van der Waals surface area (Å²) in [6.07, 6.45) is 3.78. The maximum Gasteiger partial charge on any atom is 0.293 e. The Kier molecular flexibility index (Phi) is 2.65. The Morgan fingerprint density at radius 2 is 2.14 bits per heavy atom. The van der Waals surface area contributed by atoms with Crippen LogP contribution < -0.4 is 0 Å². The number of aromatic hydroxyl groups is 1. The van der Waals surface area contributed by atoms with E-state index in [1.165, 1.54) is 11.1 Å². The molecular weight excluding hydrogens is 264 g/mol. The lowest BCUT2D eigenvalue weighted by molar-refractivity contribution is -0.0505. The molecule has 1 aromatic carbocycles. The number of aryl methyl sites for hydroxylation is 1. The van der Waals surface area contributed by atoms with Gasteiger partial charge in [0.05, 0.1) is 12.2 Å². The quantitative estimate of drug-likeness (QED) is 0.744. The van der Waals surface area contributed by atoms with Gasteiger partial charge in [-0.05, 0) is 78.5 Å². The Labute approximate surface area is 127 Å². The zero-order valence-electron chi connectivity index (χ0n) is 13.5. The van der Waals surface area contributed by atoms with Crippen molar-refractivity contribution < 1.29 is 15.3 Å². The number of phenolic OH excluding ortho intramolecular Hbond substituents is 1. The zero-order chi connectivity index (χ0) is 15.5. The fourth-order valence-corrected chi connectivity index (χ4v) is 5.55. The topological polar surface area (TPSA) is 60.7 Å². The van der Waals surface area contributed by atoms with E-state index in [2.05, 4.69) is 18.1 Å². The van der Waals surface area contributed by atoms with Gasteiger partial charge in [-0.15, -0.1) is 0 Å². The molecule has 0 aliphatic heterocycles. The van der Waals surface area contributed by atoms with Crippen molar-refractivity contribution >= 4 is 0 Å². The van der Waals surface area contributed by atoms with Gasteiger partial charge in [-0.2, -0.15) is 0 Å². The van der Waals surface area contributed by atoms with Gasteiger partial charge in [-0.3, -0.25) is 0 Å². The second kappa shape index (κ2) is 4.47. The van der Waals surface area contributed by atoms with Gasteiger partial charge < -0.3 is 15.3 Å². The van der Waals surface area contributed by atoms with Gasteiger partial charge in [-0.25, -0.2) is 0 Å². The zero-order valence-corrected chi connectivity index (χ0v) is 12.5. The van der Waals surface area contributed by atoms with E-state index in [9.17, 15) is 10.2 Å². The first-order valence-electron chi connectivity index (χ1n) is 8.57. The second-order valence-electron chi connectivity index (χ2n) is 7.57. The number of rotatable bonds is 1. The van der Waals surface area contributed by atoms with Gasteiger partial charge in [0.2, 0.25) is 0 Å². The van der Waals surface area contributed by atoms with Crippen LogP contribution >= 0.6 is 0 Å². The number of phenols is 1. The van der Waals surface area contributed by atoms with Gasteiger partial charge in [-0.1, -0.05) is 13.0 Å². The van der Waals surface area contributed by atoms with Crippen LogP contribution in [0.1, 0.15) is 49.7 Å². The first-order valence-corrected chi connectivity index (χ1v) is 8.16. The minimum Gasteiger partial charge on any atom is -0.508 e. The van der Waals surface area contributed by atoms with Crippen LogP contribution in [0.5, 0.6) is 5.75 Å². The maximum atomic E-state index is 10.4. The number of benzene rings is 1. The molecule has 0 amide bonds. The summed E-state index contributed by atoms with van der Waals surface area (Å²) in [5.41, 5.74) is 2.59. The molecule has 3 aliphatic carbocycles. The molecule has 0 heterocycles. The summed E-state index contributed by atoms with van der Waals surface area (Å²) < 4.78 is 7.05. The molecule has 0 radical (unpaired) electrons. The molecule has 3 aliphatic rings. The highest BCUT2D eigenvalue weighted by molar-refractivity contribution is 5.40. The normalized spacial score (nSPS) is 45.3. The highest BCUT2D eigenvalue weighted by Crippen LogP contribution is 2.60. The lowest BCUT2D eigenvalue weighted by atomic mass is 9.55. The van der Waals surface area contributed by atoms with E-state index in [1.807, 2.05) is 12.1 Å². The molecule has 6 atom stereocenters. The Bertz CT molecular complexity index is 590. The van der Waals surface area contributed by atoms with Gasteiger partial charge in [0.25, 0.3) is 1.43 Å². The lowest BCUT2D eigenvalue weighted by Gasteiger charge is -2.49. The Hall–Kier alpha value is -1.06. The van der Waals surface area contributed by atoms with E-state index >= 15 is 0 Å². The monoisotopic (exact) mass is 289 g/mol. The van der Waals surface area contributed by atoms with Crippen LogP contribution in [-0.2, 0) is 6.42 Å². The molecule has 0 unspecified atom stereocenters. The van der Waals surface area contributed by atoms with E-state index < -0.39 is 12.2 Å². The average Bonchev–Trinajstić information content (AvgIpc) is 2.77. The van der Waals surface area contributed by atoms with Gasteiger partial charge in [0.15, 0.2) is 0 Å². The summed E-state index contributed by atoms with van der Waals surface area (Å²) in [4.78, 5) is 0. The molecule has 3 heteroatoms. The van der Waals surface area contributed by atoms with Crippen molar-refractivity contribution in [1.82, 2.24) is 0 Å². The van der Waals surface area contributed by atoms with Crippen molar-refractivity contribution in [1.29, 1.82) is 1.43 Å². The number of aliphatic hydroxyl groups is 2. The molecule has 1 aromatic rings. The van der Waals surface area contributed by atoms with Crippen LogP contribution in [0.25, 0.3) is 0 Å². The van der Waals surface area contributed by atoms with Crippen LogP contribution in [0, 0.1) is 17.3 Å². The van der Waals surface area contributed by atoms with Crippen molar-refractivity contribution in [2.75, 3.05) is 0 Å². The first kappa shape index (κ1) is 12.5. The molecule has 0 bridgehead atoms. The molecule has 0 aromatic heterocycles. The largest absolute Gasteiger partial charge is 0.508 e. The van der Waals surface area contributed by atoms with Gasteiger partial charge in [0.1, 0.15) is 5.75 Å². The van der Waals surface area contributed by atoms with E-state index in [0.29, 0.717) is 23.5 Å². The molecule has 4 rings (SSSR count). The van der Waals surface area contributed by atoms with Crippen LogP contribution in [0.4, 0.5) is 0 Å². The van der Waals surface area contributed by atoms with Crippen molar-refractivity contribution in [2.24, 2.45) is 17.3 Å². The maximum absolute atomic E-state index is 10.4. The molecule has 2 saturated carbocycles. The molecular formula is C18H24O3. The number of hydrogen-bond donors (Lipinski definition) is 3. The molecule has 2 fully saturated rings. The number of fused-ring (bicyclic) bond motifs is 5. The summed E-state index contributed by atoms with van der Waals surface area (Å²) >= 11 is 0. The fourth-order valence-electron chi connectivity index (χ4n) is 5.55.